The summed E-state index contributed by atoms with van der Waals surface area (Å²) >= 11 is 0. The topological polar surface area (TPSA) is 62.5 Å². The number of hydrogen-bond acceptors (Lipinski definition) is 2. The fraction of sp³-hybridized carbons (Fsp3) is 0.600. The molecule has 0 bridgehead atoms. The first kappa shape index (κ1) is 14.6. The molecule has 20 heavy (non-hydrogen) atoms. The van der Waals surface area contributed by atoms with Gasteiger partial charge in [-0.15, -0.1) is 0 Å². The number of rotatable bonds is 5. The number of hydrogen-bond donors (Lipinski definition) is 1. The minimum atomic E-state index is -0.933. The van der Waals surface area contributed by atoms with Crippen LogP contribution in [0.4, 0.5) is 0 Å². The number of likely N-dealkylation sites (tertiary alicyclic amines) is 1. The SMILES string of the molecule is CCCC1CCN(C(=O)c2cccn2CC(=O)O)CC1. The van der Waals surface area contributed by atoms with Crippen LogP contribution < -0.4 is 0 Å². The third kappa shape index (κ3) is 3.40. The second-order valence-corrected chi connectivity index (χ2v) is 5.44. The lowest BCUT2D eigenvalue weighted by atomic mass is 9.92. The van der Waals surface area contributed by atoms with E-state index in [-0.39, 0.29) is 12.5 Å². The Morgan fingerprint density at radius 1 is 1.35 bits per heavy atom. The van der Waals surface area contributed by atoms with E-state index in [4.69, 9.17) is 5.11 Å². The molecule has 0 saturated carbocycles. The van der Waals surface area contributed by atoms with E-state index in [9.17, 15) is 9.59 Å². The van der Waals surface area contributed by atoms with Crippen molar-refractivity contribution in [2.24, 2.45) is 5.92 Å². The molecule has 2 rings (SSSR count). The largest absolute Gasteiger partial charge is 0.480 e. The summed E-state index contributed by atoms with van der Waals surface area (Å²) in [5.41, 5.74) is 0.473. The Morgan fingerprint density at radius 2 is 2.05 bits per heavy atom. The highest BCUT2D eigenvalue weighted by atomic mass is 16.4. The van der Waals surface area contributed by atoms with Crippen molar-refractivity contribution >= 4 is 11.9 Å². The van der Waals surface area contributed by atoms with E-state index in [1.54, 1.807) is 18.3 Å². The Hall–Kier alpha value is -1.78. The molecular formula is C15H22N2O3. The third-order valence-corrected chi connectivity index (χ3v) is 3.95. The van der Waals surface area contributed by atoms with Crippen LogP contribution in [0.25, 0.3) is 0 Å². The minimum Gasteiger partial charge on any atom is -0.480 e. The van der Waals surface area contributed by atoms with Gasteiger partial charge in [-0.3, -0.25) is 9.59 Å². The van der Waals surface area contributed by atoms with Gasteiger partial charge in [0, 0.05) is 19.3 Å². The predicted octanol–water partition coefficient (Wildman–Crippen LogP) is 2.22. The first-order valence-corrected chi connectivity index (χ1v) is 7.28. The Kier molecular flexibility index (Phi) is 4.82. The number of nitrogens with zero attached hydrogens (tertiary/aromatic N) is 2. The summed E-state index contributed by atoms with van der Waals surface area (Å²) in [4.78, 5) is 25.1. The van der Waals surface area contributed by atoms with Crippen LogP contribution in [0.5, 0.6) is 0 Å². The van der Waals surface area contributed by atoms with Crippen LogP contribution in [0.3, 0.4) is 0 Å². The zero-order valence-corrected chi connectivity index (χ0v) is 11.9. The first-order valence-electron chi connectivity index (χ1n) is 7.28. The highest BCUT2D eigenvalue weighted by molar-refractivity contribution is 5.93. The van der Waals surface area contributed by atoms with E-state index < -0.39 is 5.97 Å². The molecule has 5 heteroatoms. The van der Waals surface area contributed by atoms with Crippen LogP contribution >= 0.6 is 0 Å². The molecule has 1 N–H and O–H groups in total. The maximum absolute atomic E-state index is 12.4. The van der Waals surface area contributed by atoms with E-state index in [2.05, 4.69) is 6.92 Å². The van der Waals surface area contributed by atoms with E-state index in [0.717, 1.165) is 31.8 Å². The number of piperidine rings is 1. The molecule has 110 valence electrons. The van der Waals surface area contributed by atoms with E-state index in [1.807, 2.05) is 4.90 Å². The van der Waals surface area contributed by atoms with Crippen molar-refractivity contribution in [1.29, 1.82) is 0 Å². The lowest BCUT2D eigenvalue weighted by molar-refractivity contribution is -0.137. The van der Waals surface area contributed by atoms with E-state index >= 15 is 0 Å². The van der Waals surface area contributed by atoms with Crippen LogP contribution in [-0.4, -0.2) is 39.5 Å². The summed E-state index contributed by atoms with van der Waals surface area (Å²) < 4.78 is 1.50. The van der Waals surface area contributed by atoms with Gasteiger partial charge in [-0.1, -0.05) is 19.8 Å². The van der Waals surface area contributed by atoms with Gasteiger partial charge in [0.05, 0.1) is 0 Å². The van der Waals surface area contributed by atoms with Gasteiger partial charge in [-0.2, -0.15) is 0 Å². The van der Waals surface area contributed by atoms with Crippen LogP contribution in [0.1, 0.15) is 43.1 Å². The summed E-state index contributed by atoms with van der Waals surface area (Å²) in [6.45, 7) is 3.58. The lowest BCUT2D eigenvalue weighted by Gasteiger charge is -2.32. The molecule has 0 radical (unpaired) electrons. The molecule has 0 aromatic carbocycles. The highest BCUT2D eigenvalue weighted by Crippen LogP contribution is 2.23. The number of carboxylic acid groups (broad SMARTS) is 1. The van der Waals surface area contributed by atoms with Crippen molar-refractivity contribution < 1.29 is 14.7 Å². The number of amides is 1. The van der Waals surface area contributed by atoms with Crippen molar-refractivity contribution in [3.8, 4) is 0 Å². The van der Waals surface area contributed by atoms with Gasteiger partial charge in [0.2, 0.25) is 0 Å². The maximum atomic E-state index is 12.4. The second-order valence-electron chi connectivity index (χ2n) is 5.44. The summed E-state index contributed by atoms with van der Waals surface area (Å²) in [6.07, 6.45) is 6.18. The van der Waals surface area contributed by atoms with E-state index in [0.29, 0.717) is 5.69 Å². The fourth-order valence-electron chi connectivity index (χ4n) is 2.89. The first-order chi connectivity index (χ1) is 9.61. The average Bonchev–Trinajstić information content (AvgIpc) is 2.86. The summed E-state index contributed by atoms with van der Waals surface area (Å²) in [7, 11) is 0. The van der Waals surface area contributed by atoms with Gasteiger partial charge >= 0.3 is 5.97 Å². The van der Waals surface area contributed by atoms with Gasteiger partial charge in [0.15, 0.2) is 0 Å². The van der Waals surface area contributed by atoms with Gasteiger partial charge in [0.1, 0.15) is 12.2 Å². The molecule has 1 aliphatic rings. The molecule has 5 nitrogen and oxygen atoms in total. The second kappa shape index (κ2) is 6.59. The Labute approximate surface area is 119 Å². The lowest BCUT2D eigenvalue weighted by Crippen LogP contribution is -2.39. The number of aromatic nitrogens is 1. The fourth-order valence-corrected chi connectivity index (χ4v) is 2.89. The summed E-state index contributed by atoms with van der Waals surface area (Å²) in [5.74, 6) is -0.252. The predicted molar refractivity (Wildman–Crippen MR) is 75.6 cm³/mol. The highest BCUT2D eigenvalue weighted by Gasteiger charge is 2.24. The van der Waals surface area contributed by atoms with Crippen LogP contribution in [0, 0.1) is 5.92 Å². The van der Waals surface area contributed by atoms with Crippen LogP contribution in [-0.2, 0) is 11.3 Å². The van der Waals surface area contributed by atoms with Gasteiger partial charge in [0.25, 0.3) is 5.91 Å². The molecule has 0 unspecified atom stereocenters. The van der Waals surface area contributed by atoms with E-state index in [1.165, 1.54) is 17.4 Å². The van der Waals surface area contributed by atoms with Crippen molar-refractivity contribution in [3.63, 3.8) is 0 Å². The molecule has 1 aromatic rings. The Balaban J connectivity index is 1.98. The van der Waals surface area contributed by atoms with Gasteiger partial charge < -0.3 is 14.6 Å². The Bertz CT molecular complexity index is 473. The zero-order chi connectivity index (χ0) is 14.5. The van der Waals surface area contributed by atoms with Crippen molar-refractivity contribution in [2.45, 2.75) is 39.2 Å². The molecule has 1 saturated heterocycles. The molecular weight excluding hydrogens is 256 g/mol. The summed E-state index contributed by atoms with van der Waals surface area (Å²) in [6, 6.07) is 3.42. The molecule has 1 aliphatic heterocycles. The third-order valence-electron chi connectivity index (χ3n) is 3.95. The summed E-state index contributed by atoms with van der Waals surface area (Å²) in [5, 5.41) is 8.85. The molecule has 1 amide bonds. The molecule has 0 atom stereocenters. The van der Waals surface area contributed by atoms with Crippen molar-refractivity contribution in [1.82, 2.24) is 9.47 Å². The molecule has 2 heterocycles. The van der Waals surface area contributed by atoms with Gasteiger partial charge in [-0.05, 0) is 30.9 Å². The normalized spacial score (nSPS) is 16.4. The number of aliphatic carboxylic acids is 1. The van der Waals surface area contributed by atoms with Crippen molar-refractivity contribution in [2.75, 3.05) is 13.1 Å². The molecule has 0 aliphatic carbocycles. The van der Waals surface area contributed by atoms with Gasteiger partial charge in [-0.25, -0.2) is 0 Å². The molecule has 0 spiro atoms. The Morgan fingerprint density at radius 3 is 2.65 bits per heavy atom. The minimum absolute atomic E-state index is 0.0498. The monoisotopic (exact) mass is 278 g/mol. The van der Waals surface area contributed by atoms with Crippen molar-refractivity contribution in [3.05, 3.63) is 24.0 Å². The molecule has 1 fully saturated rings. The van der Waals surface area contributed by atoms with Crippen LogP contribution in [0.2, 0.25) is 0 Å². The standard InChI is InChI=1S/C15H22N2O3/c1-2-4-12-6-9-16(10-7-12)15(20)13-5-3-8-17(13)11-14(18)19/h3,5,8,12H,2,4,6-7,9-11H2,1H3,(H,18,19). The molecule has 1 aromatic heterocycles. The van der Waals surface area contributed by atoms with Crippen LogP contribution in [0.15, 0.2) is 18.3 Å². The number of carboxylic acids is 1. The number of carbonyl (C=O) groups excluding carboxylic acids is 1. The maximum Gasteiger partial charge on any atom is 0.323 e. The number of carbonyl (C=O) groups is 2. The quantitative estimate of drug-likeness (QED) is 0.898. The smallest absolute Gasteiger partial charge is 0.323 e. The zero-order valence-electron chi connectivity index (χ0n) is 11.9. The average molecular weight is 278 g/mol.